The van der Waals surface area contributed by atoms with Crippen LogP contribution in [0.4, 0.5) is 11.5 Å². The maximum Gasteiger partial charge on any atom is 0.203 e. The number of fused-ring (bicyclic) bond motifs is 1. The molecule has 0 unspecified atom stereocenters. The Morgan fingerprint density at radius 3 is 2.41 bits per heavy atom. The fraction of sp³-hybridized carbons (Fsp3) is 0.158. The van der Waals surface area contributed by atoms with Crippen molar-refractivity contribution in [3.05, 3.63) is 42.6 Å². The first-order valence-corrected chi connectivity index (χ1v) is 8.28. The van der Waals surface area contributed by atoms with E-state index in [0.717, 1.165) is 27.8 Å². The highest BCUT2D eigenvalue weighted by atomic mass is 16.5. The van der Waals surface area contributed by atoms with E-state index < -0.39 is 0 Å². The van der Waals surface area contributed by atoms with Crippen LogP contribution in [0.5, 0.6) is 17.2 Å². The minimum absolute atomic E-state index is 0.542. The number of aromatic amines is 2. The molecule has 4 aromatic rings. The van der Waals surface area contributed by atoms with Crippen molar-refractivity contribution in [1.29, 1.82) is 0 Å². The second kappa shape index (κ2) is 6.91. The third-order valence-corrected chi connectivity index (χ3v) is 4.29. The average Bonchev–Trinajstić information content (AvgIpc) is 3.36. The predicted molar refractivity (Wildman–Crippen MR) is 103 cm³/mol. The highest BCUT2D eigenvalue weighted by molar-refractivity contribution is 5.93. The topological polar surface area (TPSA) is 97.1 Å². The molecule has 0 saturated heterocycles. The summed E-state index contributed by atoms with van der Waals surface area (Å²) in [6.45, 7) is 0. The number of aromatic nitrogens is 4. The number of hydrogen-bond acceptors (Lipinski definition) is 6. The molecule has 8 heteroatoms. The van der Waals surface area contributed by atoms with Crippen molar-refractivity contribution in [2.24, 2.45) is 0 Å². The number of nitrogens with zero attached hydrogens (tertiary/aromatic N) is 2. The molecule has 0 radical (unpaired) electrons. The normalized spacial score (nSPS) is 10.8. The second-order valence-corrected chi connectivity index (χ2v) is 5.84. The molecular weight excluding hydrogens is 346 g/mol. The average molecular weight is 365 g/mol. The maximum absolute atomic E-state index is 5.39. The van der Waals surface area contributed by atoms with Crippen molar-refractivity contribution < 1.29 is 14.2 Å². The lowest BCUT2D eigenvalue weighted by Gasteiger charge is -2.14. The lowest BCUT2D eigenvalue weighted by molar-refractivity contribution is 0.324. The van der Waals surface area contributed by atoms with Gasteiger partial charge in [0.05, 0.1) is 38.7 Å². The molecule has 0 aliphatic rings. The minimum Gasteiger partial charge on any atom is -0.493 e. The van der Waals surface area contributed by atoms with Crippen molar-refractivity contribution in [3.63, 3.8) is 0 Å². The summed E-state index contributed by atoms with van der Waals surface area (Å²) in [5, 5.41) is 18.8. The van der Waals surface area contributed by atoms with Crippen LogP contribution >= 0.6 is 0 Å². The first-order chi connectivity index (χ1) is 13.2. The van der Waals surface area contributed by atoms with Crippen molar-refractivity contribution in [2.45, 2.75) is 0 Å². The molecular formula is C19H19N5O3. The van der Waals surface area contributed by atoms with E-state index in [2.05, 4.69) is 25.7 Å². The summed E-state index contributed by atoms with van der Waals surface area (Å²) in [6.07, 6.45) is 1.80. The number of rotatable bonds is 6. The third-order valence-electron chi connectivity index (χ3n) is 4.29. The van der Waals surface area contributed by atoms with Crippen LogP contribution in [0.15, 0.2) is 42.6 Å². The molecule has 3 N–H and O–H groups in total. The van der Waals surface area contributed by atoms with Crippen LogP contribution in [-0.4, -0.2) is 41.7 Å². The number of methoxy groups -OCH3 is 3. The highest BCUT2D eigenvalue weighted by Crippen LogP contribution is 2.40. The zero-order valence-electron chi connectivity index (χ0n) is 15.2. The Hall–Kier alpha value is -3.68. The Balaban J connectivity index is 1.66. The predicted octanol–water partition coefficient (Wildman–Crippen LogP) is 3.72. The van der Waals surface area contributed by atoms with Crippen LogP contribution in [0.3, 0.4) is 0 Å². The van der Waals surface area contributed by atoms with Gasteiger partial charge in [-0.25, -0.2) is 0 Å². The molecule has 0 saturated carbocycles. The third kappa shape index (κ3) is 3.01. The first-order valence-electron chi connectivity index (χ1n) is 8.28. The Morgan fingerprint density at radius 2 is 1.70 bits per heavy atom. The second-order valence-electron chi connectivity index (χ2n) is 5.84. The van der Waals surface area contributed by atoms with E-state index in [-0.39, 0.29) is 0 Å². The van der Waals surface area contributed by atoms with Crippen LogP contribution in [0.25, 0.3) is 22.2 Å². The Bertz CT molecular complexity index is 1060. The molecule has 0 fully saturated rings. The van der Waals surface area contributed by atoms with Crippen LogP contribution in [0, 0.1) is 0 Å². The molecule has 2 heterocycles. The highest BCUT2D eigenvalue weighted by Gasteiger charge is 2.14. The van der Waals surface area contributed by atoms with Crippen LogP contribution in [0.2, 0.25) is 0 Å². The van der Waals surface area contributed by atoms with Crippen LogP contribution in [-0.2, 0) is 0 Å². The van der Waals surface area contributed by atoms with E-state index in [0.29, 0.717) is 23.1 Å². The molecule has 0 atom stereocenters. The van der Waals surface area contributed by atoms with Gasteiger partial charge in [-0.15, -0.1) is 0 Å². The molecule has 2 aromatic heterocycles. The van der Waals surface area contributed by atoms with E-state index >= 15 is 0 Å². The molecule has 27 heavy (non-hydrogen) atoms. The zero-order chi connectivity index (χ0) is 18.8. The number of hydrogen-bond donors (Lipinski definition) is 3. The van der Waals surface area contributed by atoms with Gasteiger partial charge in [0.25, 0.3) is 0 Å². The van der Waals surface area contributed by atoms with Crippen molar-refractivity contribution in [3.8, 4) is 28.5 Å². The van der Waals surface area contributed by atoms with E-state index in [1.165, 1.54) is 0 Å². The fourth-order valence-electron chi connectivity index (χ4n) is 3.03. The van der Waals surface area contributed by atoms with Crippen molar-refractivity contribution >= 4 is 22.4 Å². The summed E-state index contributed by atoms with van der Waals surface area (Å²) in [7, 11) is 4.74. The van der Waals surface area contributed by atoms with Gasteiger partial charge in [0.15, 0.2) is 17.3 Å². The number of anilines is 2. The smallest absolute Gasteiger partial charge is 0.203 e. The van der Waals surface area contributed by atoms with Crippen LogP contribution < -0.4 is 19.5 Å². The molecule has 0 aliphatic carbocycles. The quantitative estimate of drug-likeness (QED) is 0.482. The fourth-order valence-corrected chi connectivity index (χ4v) is 3.03. The van der Waals surface area contributed by atoms with Gasteiger partial charge in [-0.1, -0.05) is 12.1 Å². The van der Waals surface area contributed by atoms with Gasteiger partial charge >= 0.3 is 0 Å². The molecule has 2 aromatic carbocycles. The standard InChI is InChI=1S/C19H19N5O3/c1-25-16-7-11(8-17(26-2)19(16)27-3)21-18-9-15(23-24-18)12-5-4-6-14-13(12)10-20-22-14/h4-10H,1-3H3,(H,20,22)(H2,21,23,24). The number of H-pyrrole nitrogens is 2. The Labute approximate surface area is 155 Å². The molecule has 0 aliphatic heterocycles. The maximum atomic E-state index is 5.39. The van der Waals surface area contributed by atoms with Crippen LogP contribution in [0.1, 0.15) is 0 Å². The van der Waals surface area contributed by atoms with Crippen molar-refractivity contribution in [2.75, 3.05) is 26.6 Å². The number of benzene rings is 2. The van der Waals surface area contributed by atoms with Gasteiger partial charge in [0.1, 0.15) is 0 Å². The van der Waals surface area contributed by atoms with Gasteiger partial charge in [-0.2, -0.15) is 10.2 Å². The lowest BCUT2D eigenvalue weighted by Crippen LogP contribution is -1.98. The number of nitrogens with one attached hydrogen (secondary N) is 3. The Kier molecular flexibility index (Phi) is 4.29. The molecule has 138 valence electrons. The zero-order valence-corrected chi connectivity index (χ0v) is 15.2. The van der Waals surface area contributed by atoms with Gasteiger partial charge < -0.3 is 19.5 Å². The van der Waals surface area contributed by atoms with Gasteiger partial charge in [-0.3, -0.25) is 10.2 Å². The van der Waals surface area contributed by atoms with E-state index in [9.17, 15) is 0 Å². The summed E-state index contributed by atoms with van der Waals surface area (Å²) in [4.78, 5) is 0. The summed E-state index contributed by atoms with van der Waals surface area (Å²) >= 11 is 0. The van der Waals surface area contributed by atoms with E-state index in [1.807, 2.05) is 36.4 Å². The monoisotopic (exact) mass is 365 g/mol. The molecule has 0 spiro atoms. The van der Waals surface area contributed by atoms with Gasteiger partial charge in [0.2, 0.25) is 5.75 Å². The SMILES string of the molecule is COc1cc(Nc2cc(-c3cccc4[nH]ncc34)[nH]n2)cc(OC)c1OC. The summed E-state index contributed by atoms with van der Waals surface area (Å²) in [6, 6.07) is 11.6. The summed E-state index contributed by atoms with van der Waals surface area (Å²) in [5.74, 6) is 2.34. The largest absolute Gasteiger partial charge is 0.493 e. The summed E-state index contributed by atoms with van der Waals surface area (Å²) < 4.78 is 16.1. The van der Waals surface area contributed by atoms with E-state index in [4.69, 9.17) is 14.2 Å². The van der Waals surface area contributed by atoms with Crippen molar-refractivity contribution in [1.82, 2.24) is 20.4 Å². The van der Waals surface area contributed by atoms with Gasteiger partial charge in [-0.05, 0) is 6.07 Å². The molecule has 8 nitrogen and oxygen atoms in total. The Morgan fingerprint density at radius 1 is 0.926 bits per heavy atom. The molecule has 4 rings (SSSR count). The van der Waals surface area contributed by atoms with E-state index in [1.54, 1.807) is 27.5 Å². The molecule has 0 bridgehead atoms. The van der Waals surface area contributed by atoms with Gasteiger partial charge in [0, 0.05) is 34.8 Å². The number of ether oxygens (including phenoxy) is 3. The molecule has 0 amide bonds. The minimum atomic E-state index is 0.542. The first kappa shape index (κ1) is 16.8. The lowest BCUT2D eigenvalue weighted by atomic mass is 10.1. The summed E-state index contributed by atoms with van der Waals surface area (Å²) in [5.41, 5.74) is 3.65.